The van der Waals surface area contributed by atoms with E-state index in [4.69, 9.17) is 21.4 Å². The fraction of sp³-hybridized carbons (Fsp3) is 0.364. The fourth-order valence-corrected chi connectivity index (χ4v) is 4.78. The molecular formula is C22H21ClF3NO3S. The molecule has 0 aliphatic heterocycles. The number of aromatic nitrogens is 1. The average molecular weight is 472 g/mol. The molecule has 1 aliphatic carbocycles. The first-order valence-electron chi connectivity index (χ1n) is 9.55. The van der Waals surface area contributed by atoms with Gasteiger partial charge in [-0.1, -0.05) is 41.9 Å². The predicted molar refractivity (Wildman–Crippen MR) is 114 cm³/mol. The summed E-state index contributed by atoms with van der Waals surface area (Å²) in [7, 11) is 0. The number of benzene rings is 1. The van der Waals surface area contributed by atoms with E-state index in [2.05, 4.69) is 4.37 Å². The molecule has 9 heteroatoms. The van der Waals surface area contributed by atoms with Gasteiger partial charge in [0, 0.05) is 12.0 Å². The zero-order valence-electron chi connectivity index (χ0n) is 16.9. The van der Waals surface area contributed by atoms with Crippen LogP contribution in [-0.2, 0) is 16.1 Å². The highest BCUT2D eigenvalue weighted by Crippen LogP contribution is 2.50. The number of ether oxygens (including phenoxy) is 1. The van der Waals surface area contributed by atoms with Crippen molar-refractivity contribution in [2.75, 3.05) is 0 Å². The summed E-state index contributed by atoms with van der Waals surface area (Å²) in [5.41, 5.74) is 0.792. The summed E-state index contributed by atoms with van der Waals surface area (Å²) in [4.78, 5) is 11.7. The Bertz CT molecular complexity index is 1040. The second-order valence-corrected chi connectivity index (χ2v) is 8.66. The summed E-state index contributed by atoms with van der Waals surface area (Å²) in [6.07, 6.45) is -3.57. The lowest BCUT2D eigenvalue weighted by molar-refractivity contribution is -0.208. The van der Waals surface area contributed by atoms with Crippen molar-refractivity contribution in [3.8, 4) is 10.4 Å². The Kier molecular flexibility index (Phi) is 6.81. The molecule has 0 saturated heterocycles. The lowest BCUT2D eigenvalue weighted by atomic mass is 9.75. The van der Waals surface area contributed by atoms with Gasteiger partial charge in [-0.15, -0.1) is 0 Å². The van der Waals surface area contributed by atoms with E-state index in [0.717, 1.165) is 22.1 Å². The van der Waals surface area contributed by atoms with Crippen LogP contribution < -0.4 is 0 Å². The first kappa shape index (κ1) is 23.3. The van der Waals surface area contributed by atoms with E-state index in [1.165, 1.54) is 24.5 Å². The Morgan fingerprint density at radius 2 is 2.03 bits per heavy atom. The average Bonchev–Trinajstić information content (AvgIpc) is 3.05. The molecule has 1 aromatic heterocycles. The molecule has 4 nitrogen and oxygen atoms in total. The Morgan fingerprint density at radius 3 is 2.65 bits per heavy atom. The summed E-state index contributed by atoms with van der Waals surface area (Å²) < 4.78 is 51.3. The van der Waals surface area contributed by atoms with E-state index < -0.39 is 30.4 Å². The Balaban J connectivity index is 1.80. The van der Waals surface area contributed by atoms with Gasteiger partial charge in [-0.2, -0.15) is 17.5 Å². The molecule has 31 heavy (non-hydrogen) atoms. The number of alkyl halides is 3. The molecule has 0 fully saturated rings. The summed E-state index contributed by atoms with van der Waals surface area (Å²) in [6, 6.07) is 7.76. The van der Waals surface area contributed by atoms with Crippen molar-refractivity contribution in [2.24, 2.45) is 5.41 Å². The third-order valence-electron chi connectivity index (χ3n) is 5.38. The van der Waals surface area contributed by atoms with Gasteiger partial charge in [0.15, 0.2) is 0 Å². The maximum atomic E-state index is 13.8. The van der Waals surface area contributed by atoms with Crippen LogP contribution in [0, 0.1) is 12.3 Å². The number of carbonyl (C=O) groups is 1. The van der Waals surface area contributed by atoms with Crippen LogP contribution in [0.15, 0.2) is 47.7 Å². The minimum Gasteiger partial charge on any atom is -0.489 e. The van der Waals surface area contributed by atoms with Crippen LogP contribution in [0.4, 0.5) is 13.2 Å². The van der Waals surface area contributed by atoms with Crippen molar-refractivity contribution in [3.63, 3.8) is 0 Å². The van der Waals surface area contributed by atoms with Crippen molar-refractivity contribution >= 4 is 29.1 Å². The largest absolute Gasteiger partial charge is 0.489 e. The van der Waals surface area contributed by atoms with Crippen molar-refractivity contribution in [1.82, 2.24) is 4.37 Å². The Labute approximate surface area is 187 Å². The van der Waals surface area contributed by atoms with Crippen LogP contribution in [0.3, 0.4) is 0 Å². The van der Waals surface area contributed by atoms with Gasteiger partial charge in [-0.05, 0) is 61.0 Å². The van der Waals surface area contributed by atoms with Gasteiger partial charge in [0.2, 0.25) is 0 Å². The van der Waals surface area contributed by atoms with Crippen LogP contribution in [0.25, 0.3) is 10.4 Å². The van der Waals surface area contributed by atoms with Gasteiger partial charge in [-0.25, -0.2) is 0 Å². The molecule has 0 amide bonds. The number of rotatable bonds is 7. The topological polar surface area (TPSA) is 59.4 Å². The van der Waals surface area contributed by atoms with Crippen LogP contribution in [0.1, 0.15) is 37.3 Å². The van der Waals surface area contributed by atoms with E-state index in [1.54, 1.807) is 0 Å². The van der Waals surface area contributed by atoms with Crippen LogP contribution in [0.5, 0.6) is 0 Å². The highest BCUT2D eigenvalue weighted by Gasteiger charge is 2.53. The summed E-state index contributed by atoms with van der Waals surface area (Å²) in [5.74, 6) is -0.933. The number of halogens is 4. The molecule has 1 heterocycles. The predicted octanol–water partition coefficient (Wildman–Crippen LogP) is 6.94. The molecule has 0 spiro atoms. The molecule has 2 aromatic rings. The van der Waals surface area contributed by atoms with Crippen molar-refractivity contribution in [1.29, 1.82) is 0 Å². The van der Waals surface area contributed by atoms with Crippen molar-refractivity contribution in [3.05, 3.63) is 64.0 Å². The minimum absolute atomic E-state index is 0.0597. The van der Waals surface area contributed by atoms with Crippen LogP contribution in [-0.4, -0.2) is 21.6 Å². The summed E-state index contributed by atoms with van der Waals surface area (Å²) in [5, 5.41) is 9.15. The number of allylic oxidation sites excluding steroid dienone is 3. The lowest BCUT2D eigenvalue weighted by Crippen LogP contribution is -2.38. The molecule has 0 radical (unpaired) electrons. The SMILES string of the molecule is CC1=CC(CCC(=O)O)(C(F)(F)F)CC=C1OCc1c(Cl)nsc1-c1ccccc1C. The van der Waals surface area contributed by atoms with Gasteiger partial charge in [0.05, 0.1) is 10.3 Å². The number of nitrogens with zero attached hydrogens (tertiary/aromatic N) is 1. The van der Waals surface area contributed by atoms with E-state index in [-0.39, 0.29) is 13.0 Å². The third-order valence-corrected chi connectivity index (χ3v) is 6.72. The van der Waals surface area contributed by atoms with Gasteiger partial charge < -0.3 is 9.84 Å². The van der Waals surface area contributed by atoms with E-state index in [1.807, 2.05) is 31.2 Å². The molecule has 0 saturated carbocycles. The van der Waals surface area contributed by atoms with Gasteiger partial charge in [0.1, 0.15) is 17.5 Å². The van der Waals surface area contributed by atoms with Gasteiger partial charge >= 0.3 is 12.1 Å². The zero-order valence-corrected chi connectivity index (χ0v) is 18.5. The number of aryl methyl sites for hydroxylation is 1. The number of carboxylic acids is 1. The zero-order chi connectivity index (χ0) is 22.8. The second-order valence-electron chi connectivity index (χ2n) is 7.53. The quantitative estimate of drug-likeness (QED) is 0.475. The smallest absolute Gasteiger partial charge is 0.398 e. The van der Waals surface area contributed by atoms with Crippen LogP contribution >= 0.6 is 23.1 Å². The molecule has 3 rings (SSSR count). The number of hydrogen-bond acceptors (Lipinski definition) is 4. The summed E-state index contributed by atoms with van der Waals surface area (Å²) in [6.45, 7) is 3.56. The minimum atomic E-state index is -4.57. The Morgan fingerprint density at radius 1 is 1.32 bits per heavy atom. The normalized spacial score (nSPS) is 19.0. The first-order valence-corrected chi connectivity index (χ1v) is 10.7. The van der Waals surface area contributed by atoms with Gasteiger partial charge in [-0.3, -0.25) is 4.79 Å². The molecule has 166 valence electrons. The van der Waals surface area contributed by atoms with Gasteiger partial charge in [0.25, 0.3) is 0 Å². The standard InChI is InChI=1S/C22H21ClF3NO3S/c1-13-5-3-4-6-15(13)19-16(20(23)27-31-19)12-30-17-7-9-21(11-14(17)2,22(24,25)26)10-8-18(28)29/h3-7,11H,8-10,12H2,1-2H3,(H,28,29). The molecular weight excluding hydrogens is 451 g/mol. The summed E-state index contributed by atoms with van der Waals surface area (Å²) >= 11 is 7.50. The first-order chi connectivity index (χ1) is 14.5. The van der Waals surface area contributed by atoms with E-state index >= 15 is 0 Å². The molecule has 1 aliphatic rings. The van der Waals surface area contributed by atoms with E-state index in [0.29, 0.717) is 22.0 Å². The molecule has 0 bridgehead atoms. The second kappa shape index (κ2) is 9.04. The maximum Gasteiger partial charge on any atom is 0.398 e. The highest BCUT2D eigenvalue weighted by molar-refractivity contribution is 7.10. The maximum absolute atomic E-state index is 13.8. The molecule has 1 unspecified atom stereocenters. The Hall–Kier alpha value is -2.32. The lowest BCUT2D eigenvalue weighted by Gasteiger charge is -2.35. The highest BCUT2D eigenvalue weighted by atomic mass is 35.5. The van der Waals surface area contributed by atoms with Crippen LogP contribution in [0.2, 0.25) is 5.15 Å². The number of hydrogen-bond donors (Lipinski definition) is 1. The van der Waals surface area contributed by atoms with E-state index in [9.17, 15) is 18.0 Å². The monoisotopic (exact) mass is 471 g/mol. The molecule has 1 aromatic carbocycles. The third kappa shape index (κ3) is 4.96. The number of carboxylic acid groups (broad SMARTS) is 1. The number of aliphatic carboxylic acids is 1. The van der Waals surface area contributed by atoms with Crippen molar-refractivity contribution < 1.29 is 27.8 Å². The molecule has 1 N–H and O–H groups in total. The molecule has 1 atom stereocenters. The fourth-order valence-electron chi connectivity index (χ4n) is 3.60. The van der Waals surface area contributed by atoms with Crippen molar-refractivity contribution in [2.45, 2.75) is 45.9 Å².